The van der Waals surface area contributed by atoms with Crippen LogP contribution in [0.15, 0.2) is 35.1 Å². The van der Waals surface area contributed by atoms with Crippen LogP contribution in [0.2, 0.25) is 5.15 Å². The summed E-state index contributed by atoms with van der Waals surface area (Å²) < 4.78 is 0. The molecule has 2 aromatic heterocycles. The standard InChI is InChI=1S/C16H10ClN3O5/c17-9-4-2-6-5-7(1-3-8(6)19-9)10-11(15(22)23)13(18)20-14(21)12(10)16(24)25/h1-5H,(H,22,23)(H,24,25)(H3,18,20,21). The molecule has 8 nitrogen and oxygen atoms in total. The lowest BCUT2D eigenvalue weighted by atomic mass is 9.94. The zero-order valence-corrected chi connectivity index (χ0v) is 13.2. The number of nitrogen functional groups attached to an aromatic ring is 1. The highest BCUT2D eigenvalue weighted by molar-refractivity contribution is 6.29. The second-order valence-corrected chi connectivity index (χ2v) is 5.53. The van der Waals surface area contributed by atoms with Gasteiger partial charge in [-0.25, -0.2) is 14.6 Å². The first-order valence-electron chi connectivity index (χ1n) is 6.88. The number of anilines is 1. The van der Waals surface area contributed by atoms with E-state index in [0.29, 0.717) is 10.9 Å². The maximum Gasteiger partial charge on any atom is 0.342 e. The molecule has 0 bridgehead atoms. The Balaban J connectivity index is 2.43. The number of hydrogen-bond donors (Lipinski definition) is 4. The minimum absolute atomic E-state index is 0.212. The van der Waals surface area contributed by atoms with E-state index in [1.165, 1.54) is 18.2 Å². The van der Waals surface area contributed by atoms with Crippen molar-refractivity contribution in [1.82, 2.24) is 9.97 Å². The number of nitrogens with zero attached hydrogens (tertiary/aromatic N) is 1. The number of aromatic nitrogens is 2. The molecule has 0 unspecified atom stereocenters. The summed E-state index contributed by atoms with van der Waals surface area (Å²) in [4.78, 5) is 41.3. The highest BCUT2D eigenvalue weighted by atomic mass is 35.5. The SMILES string of the molecule is Nc1[nH]c(=O)c(C(=O)O)c(-c2ccc3nc(Cl)ccc3c2)c1C(=O)O. The molecule has 3 aromatic rings. The zero-order chi connectivity index (χ0) is 18.3. The number of benzene rings is 1. The average Bonchev–Trinajstić information content (AvgIpc) is 2.52. The Bertz CT molecular complexity index is 1110. The summed E-state index contributed by atoms with van der Waals surface area (Å²) >= 11 is 5.82. The van der Waals surface area contributed by atoms with Crippen molar-refractivity contribution in [3.05, 3.63) is 57.0 Å². The van der Waals surface area contributed by atoms with E-state index >= 15 is 0 Å². The molecule has 5 N–H and O–H groups in total. The second-order valence-electron chi connectivity index (χ2n) is 5.14. The van der Waals surface area contributed by atoms with Crippen LogP contribution in [0.4, 0.5) is 5.82 Å². The molecule has 0 aliphatic carbocycles. The van der Waals surface area contributed by atoms with Gasteiger partial charge in [0.2, 0.25) is 0 Å². The molecule has 1 aromatic carbocycles. The van der Waals surface area contributed by atoms with Gasteiger partial charge in [-0.3, -0.25) is 4.79 Å². The van der Waals surface area contributed by atoms with E-state index in [2.05, 4.69) is 9.97 Å². The van der Waals surface area contributed by atoms with Gasteiger partial charge in [0.05, 0.1) is 5.52 Å². The van der Waals surface area contributed by atoms with Gasteiger partial charge in [-0.2, -0.15) is 0 Å². The molecule has 0 atom stereocenters. The summed E-state index contributed by atoms with van der Waals surface area (Å²) in [6.45, 7) is 0. The van der Waals surface area contributed by atoms with Crippen molar-refractivity contribution < 1.29 is 19.8 Å². The fraction of sp³-hybridized carbons (Fsp3) is 0. The van der Waals surface area contributed by atoms with Crippen molar-refractivity contribution in [3.8, 4) is 11.1 Å². The molecule has 9 heteroatoms. The van der Waals surface area contributed by atoms with E-state index in [-0.39, 0.29) is 16.3 Å². The predicted octanol–water partition coefficient (Wildman–Crippen LogP) is 2.22. The third-order valence-electron chi connectivity index (χ3n) is 3.62. The molecule has 126 valence electrons. The lowest BCUT2D eigenvalue weighted by Crippen LogP contribution is -2.24. The van der Waals surface area contributed by atoms with Crippen LogP contribution in [-0.4, -0.2) is 32.1 Å². The Morgan fingerprint density at radius 1 is 1.08 bits per heavy atom. The number of carboxylic acids is 2. The summed E-state index contributed by atoms with van der Waals surface area (Å²) in [5.41, 5.74) is 3.90. The first-order chi connectivity index (χ1) is 11.8. The number of hydrogen-bond acceptors (Lipinski definition) is 5. The van der Waals surface area contributed by atoms with Gasteiger partial charge in [0, 0.05) is 10.9 Å². The third-order valence-corrected chi connectivity index (χ3v) is 3.83. The first-order valence-corrected chi connectivity index (χ1v) is 7.26. The van der Waals surface area contributed by atoms with Crippen LogP contribution in [0, 0.1) is 0 Å². The Labute approximate surface area is 144 Å². The summed E-state index contributed by atoms with van der Waals surface area (Å²) in [5.74, 6) is -3.44. The molecule has 0 saturated heterocycles. The molecule has 3 rings (SSSR count). The molecule has 25 heavy (non-hydrogen) atoms. The summed E-state index contributed by atoms with van der Waals surface area (Å²) in [6.07, 6.45) is 0. The number of pyridine rings is 2. The minimum atomic E-state index is -1.56. The smallest absolute Gasteiger partial charge is 0.342 e. The van der Waals surface area contributed by atoms with Gasteiger partial charge in [0.25, 0.3) is 5.56 Å². The molecule has 0 saturated carbocycles. The van der Waals surface area contributed by atoms with E-state index in [0.717, 1.165) is 0 Å². The highest BCUT2D eigenvalue weighted by Crippen LogP contribution is 2.31. The number of H-pyrrole nitrogens is 1. The zero-order valence-electron chi connectivity index (χ0n) is 12.4. The van der Waals surface area contributed by atoms with Crippen LogP contribution < -0.4 is 11.3 Å². The maximum atomic E-state index is 12.0. The molecule has 2 heterocycles. The van der Waals surface area contributed by atoms with Crippen LogP contribution >= 0.6 is 11.6 Å². The number of aromatic carboxylic acids is 2. The number of fused-ring (bicyclic) bond motifs is 1. The number of nitrogens with two attached hydrogens (primary N) is 1. The van der Waals surface area contributed by atoms with Crippen LogP contribution in [0.25, 0.3) is 22.0 Å². The van der Waals surface area contributed by atoms with Crippen LogP contribution in [0.5, 0.6) is 0 Å². The molecular formula is C16H10ClN3O5. The molecule has 0 aliphatic rings. The van der Waals surface area contributed by atoms with E-state index in [1.54, 1.807) is 12.1 Å². The number of halogens is 1. The van der Waals surface area contributed by atoms with Crippen molar-refractivity contribution in [3.63, 3.8) is 0 Å². The molecule has 0 fully saturated rings. The van der Waals surface area contributed by atoms with Gasteiger partial charge in [-0.1, -0.05) is 17.7 Å². The Kier molecular flexibility index (Phi) is 3.90. The van der Waals surface area contributed by atoms with Crippen molar-refractivity contribution in [2.75, 3.05) is 5.73 Å². The Morgan fingerprint density at radius 3 is 2.40 bits per heavy atom. The van der Waals surface area contributed by atoms with E-state index < -0.39 is 34.4 Å². The van der Waals surface area contributed by atoms with Crippen molar-refractivity contribution in [2.45, 2.75) is 0 Å². The van der Waals surface area contributed by atoms with Gasteiger partial charge >= 0.3 is 11.9 Å². The monoisotopic (exact) mass is 359 g/mol. The summed E-state index contributed by atoms with van der Waals surface area (Å²) in [5, 5.41) is 19.7. The fourth-order valence-corrected chi connectivity index (χ4v) is 2.75. The molecule has 0 amide bonds. The largest absolute Gasteiger partial charge is 0.478 e. The molecule has 0 aliphatic heterocycles. The third kappa shape index (κ3) is 2.79. The molecular weight excluding hydrogens is 350 g/mol. The van der Waals surface area contributed by atoms with Gasteiger partial charge in [-0.15, -0.1) is 0 Å². The van der Waals surface area contributed by atoms with E-state index in [9.17, 15) is 24.6 Å². The topological polar surface area (TPSA) is 146 Å². The number of carbonyl (C=O) groups is 2. The minimum Gasteiger partial charge on any atom is -0.478 e. The second kappa shape index (κ2) is 5.91. The lowest BCUT2D eigenvalue weighted by molar-refractivity contribution is 0.0695. The van der Waals surface area contributed by atoms with Gasteiger partial charge in [0.15, 0.2) is 0 Å². The number of nitrogens with one attached hydrogen (secondary N) is 1. The summed E-state index contributed by atoms with van der Waals surface area (Å²) in [6, 6.07) is 7.71. The number of carboxylic acid groups (broad SMARTS) is 2. The van der Waals surface area contributed by atoms with Gasteiger partial charge in [0.1, 0.15) is 22.1 Å². The van der Waals surface area contributed by atoms with Gasteiger partial charge in [-0.05, 0) is 29.8 Å². The average molecular weight is 360 g/mol. The van der Waals surface area contributed by atoms with Crippen LogP contribution in [0.1, 0.15) is 20.7 Å². The Morgan fingerprint density at radius 2 is 1.76 bits per heavy atom. The highest BCUT2D eigenvalue weighted by Gasteiger charge is 2.26. The Hall–Kier alpha value is -3.39. The van der Waals surface area contributed by atoms with E-state index in [1.807, 2.05) is 0 Å². The predicted molar refractivity (Wildman–Crippen MR) is 91.1 cm³/mol. The van der Waals surface area contributed by atoms with E-state index in [4.69, 9.17) is 17.3 Å². The first kappa shape index (κ1) is 16.5. The number of aromatic amines is 1. The van der Waals surface area contributed by atoms with Gasteiger partial charge < -0.3 is 20.9 Å². The fourth-order valence-electron chi connectivity index (χ4n) is 2.59. The normalized spacial score (nSPS) is 10.8. The quantitative estimate of drug-likeness (QED) is 0.524. The molecule has 0 radical (unpaired) electrons. The summed E-state index contributed by atoms with van der Waals surface area (Å²) in [7, 11) is 0. The van der Waals surface area contributed by atoms with Crippen molar-refractivity contribution in [2.24, 2.45) is 0 Å². The lowest BCUT2D eigenvalue weighted by Gasteiger charge is -2.12. The van der Waals surface area contributed by atoms with Crippen LogP contribution in [0.3, 0.4) is 0 Å². The molecule has 0 spiro atoms. The van der Waals surface area contributed by atoms with Crippen LogP contribution in [-0.2, 0) is 0 Å². The maximum absolute atomic E-state index is 12.0. The van der Waals surface area contributed by atoms with Crippen molar-refractivity contribution >= 4 is 40.3 Å². The number of rotatable bonds is 3. The van der Waals surface area contributed by atoms with Crippen molar-refractivity contribution in [1.29, 1.82) is 0 Å².